The van der Waals surface area contributed by atoms with Crippen LogP contribution in [0.25, 0.3) is 11.2 Å². The lowest BCUT2D eigenvalue weighted by atomic mass is 10.5. The molecule has 6 nitrogen and oxygen atoms in total. The van der Waals surface area contributed by atoms with Crippen LogP contribution in [0.5, 0.6) is 0 Å². The molecule has 56 valence electrons. The van der Waals surface area contributed by atoms with Crippen LogP contribution in [0.4, 0.5) is 11.8 Å². The van der Waals surface area contributed by atoms with E-state index >= 15 is 0 Å². The van der Waals surface area contributed by atoms with Gasteiger partial charge in [-0.2, -0.15) is 18.7 Å². The highest BCUT2D eigenvalue weighted by Gasteiger charge is 2.05. The van der Waals surface area contributed by atoms with E-state index in [1.807, 2.05) is 0 Å². The lowest BCUT2D eigenvalue weighted by Crippen LogP contribution is -1.99. The summed E-state index contributed by atoms with van der Waals surface area (Å²) in [6.45, 7) is 0. The molecule has 0 aliphatic heterocycles. The second-order valence-electron chi connectivity index (χ2n) is 1.90. The van der Waals surface area contributed by atoms with E-state index in [9.17, 15) is 0 Å². The zero-order valence-electron chi connectivity index (χ0n) is 5.35. The lowest BCUT2D eigenvalue weighted by molar-refractivity contribution is 1.23. The molecule has 0 aliphatic rings. The molecule has 0 unspecified atom stereocenters. The molecule has 0 saturated carbocycles. The summed E-state index contributed by atoms with van der Waals surface area (Å²) in [4.78, 5) is 7.54. The smallest absolute Gasteiger partial charge is 0.224 e. The molecule has 0 radical (unpaired) electrons. The lowest BCUT2D eigenvalue weighted by Gasteiger charge is -1.92. The summed E-state index contributed by atoms with van der Waals surface area (Å²) in [6.07, 6.45) is 0. The maximum atomic E-state index is 5.47. The molecule has 0 bridgehead atoms. The third-order valence-electron chi connectivity index (χ3n) is 1.17. The first-order valence-electron chi connectivity index (χ1n) is 2.78. The van der Waals surface area contributed by atoms with Crippen molar-refractivity contribution in [3.05, 3.63) is 0 Å². The molecule has 0 aliphatic carbocycles. The highest BCUT2D eigenvalue weighted by molar-refractivity contribution is 7.00. The van der Waals surface area contributed by atoms with Gasteiger partial charge >= 0.3 is 0 Å². The van der Waals surface area contributed by atoms with Gasteiger partial charge in [0.25, 0.3) is 0 Å². The van der Waals surface area contributed by atoms with Crippen LogP contribution in [0.1, 0.15) is 0 Å². The number of nitrogens with zero attached hydrogens (tertiary/aromatic N) is 4. The molecule has 7 heteroatoms. The summed E-state index contributed by atoms with van der Waals surface area (Å²) < 4.78 is 7.74. The van der Waals surface area contributed by atoms with Gasteiger partial charge < -0.3 is 11.5 Å². The van der Waals surface area contributed by atoms with Crippen LogP contribution < -0.4 is 11.5 Å². The van der Waals surface area contributed by atoms with Crippen LogP contribution in [-0.2, 0) is 0 Å². The van der Waals surface area contributed by atoms with Gasteiger partial charge in [0.05, 0.1) is 11.7 Å². The summed E-state index contributed by atoms with van der Waals surface area (Å²) >= 11 is 1.04. The van der Waals surface area contributed by atoms with E-state index in [4.69, 9.17) is 11.5 Å². The Morgan fingerprint density at radius 3 is 2.73 bits per heavy atom. The van der Waals surface area contributed by atoms with Crippen molar-refractivity contribution in [3.8, 4) is 0 Å². The molecule has 2 aromatic rings. The topological polar surface area (TPSA) is 104 Å². The minimum atomic E-state index is 0.128. The van der Waals surface area contributed by atoms with Crippen molar-refractivity contribution in [1.29, 1.82) is 0 Å². The minimum Gasteiger partial charge on any atom is -0.382 e. The largest absolute Gasteiger partial charge is 0.382 e. The summed E-state index contributed by atoms with van der Waals surface area (Å²) in [5.74, 6) is 0.406. The summed E-state index contributed by atoms with van der Waals surface area (Å²) in [7, 11) is 0. The highest BCUT2D eigenvalue weighted by atomic mass is 32.1. The van der Waals surface area contributed by atoms with E-state index in [1.165, 1.54) is 0 Å². The zero-order chi connectivity index (χ0) is 7.84. The molecule has 2 heterocycles. The van der Waals surface area contributed by atoms with Crippen LogP contribution in [-0.4, -0.2) is 18.7 Å². The zero-order valence-corrected chi connectivity index (χ0v) is 6.17. The summed E-state index contributed by atoms with van der Waals surface area (Å²) in [5.41, 5.74) is 11.8. The predicted molar refractivity (Wildman–Crippen MR) is 41.8 cm³/mol. The Kier molecular flexibility index (Phi) is 1.13. The molecule has 0 fully saturated rings. The molecule has 2 aromatic heterocycles. The number of rotatable bonds is 0. The fourth-order valence-corrected chi connectivity index (χ4v) is 1.23. The van der Waals surface area contributed by atoms with Gasteiger partial charge in [0.2, 0.25) is 11.6 Å². The Morgan fingerprint density at radius 1 is 1.09 bits per heavy atom. The standard InChI is InChI=1S/C4H4N6S/c5-2-1-3(10-11-9-1)8-4(6)7-2/h(H4,5,6,7,8,10). The minimum absolute atomic E-state index is 0.128. The van der Waals surface area contributed by atoms with E-state index in [1.54, 1.807) is 0 Å². The molecule has 11 heavy (non-hydrogen) atoms. The fourth-order valence-electron chi connectivity index (χ4n) is 0.729. The van der Waals surface area contributed by atoms with Crippen LogP contribution >= 0.6 is 11.7 Å². The molecule has 0 saturated heterocycles. The average Bonchev–Trinajstić information content (AvgIpc) is 2.34. The van der Waals surface area contributed by atoms with Gasteiger partial charge in [0.1, 0.15) is 0 Å². The predicted octanol–water partition coefficient (Wildman–Crippen LogP) is -0.354. The molecular weight excluding hydrogens is 164 g/mol. The van der Waals surface area contributed by atoms with Crippen molar-refractivity contribution in [2.24, 2.45) is 0 Å². The molecule has 2 rings (SSSR count). The number of aromatic nitrogens is 4. The van der Waals surface area contributed by atoms with Gasteiger partial charge in [-0.05, 0) is 0 Å². The Bertz CT molecular complexity index is 394. The van der Waals surface area contributed by atoms with E-state index in [-0.39, 0.29) is 11.8 Å². The van der Waals surface area contributed by atoms with Gasteiger partial charge in [-0.25, -0.2) is 0 Å². The SMILES string of the molecule is Nc1nc(N)c2nsnc2n1. The fraction of sp³-hybridized carbons (Fsp3) is 0. The molecule has 0 amide bonds. The first-order valence-corrected chi connectivity index (χ1v) is 3.51. The van der Waals surface area contributed by atoms with E-state index < -0.39 is 0 Å². The summed E-state index contributed by atoms with van der Waals surface area (Å²) in [6, 6.07) is 0. The number of hydrogen-bond donors (Lipinski definition) is 2. The third-order valence-corrected chi connectivity index (χ3v) is 1.69. The number of nitrogens with two attached hydrogens (primary N) is 2. The van der Waals surface area contributed by atoms with Gasteiger partial charge in [-0.1, -0.05) is 0 Å². The average molecular weight is 168 g/mol. The van der Waals surface area contributed by atoms with Crippen molar-refractivity contribution in [1.82, 2.24) is 18.7 Å². The molecule has 0 atom stereocenters. The molecule has 0 spiro atoms. The highest BCUT2D eigenvalue weighted by Crippen LogP contribution is 2.14. The van der Waals surface area contributed by atoms with Crippen LogP contribution in [0.3, 0.4) is 0 Å². The monoisotopic (exact) mass is 168 g/mol. The first kappa shape index (κ1) is 6.23. The van der Waals surface area contributed by atoms with Gasteiger partial charge in [0, 0.05) is 0 Å². The van der Waals surface area contributed by atoms with Gasteiger partial charge in [-0.15, -0.1) is 0 Å². The Balaban J connectivity index is 2.91. The van der Waals surface area contributed by atoms with Gasteiger partial charge in [-0.3, -0.25) is 0 Å². The van der Waals surface area contributed by atoms with E-state index in [0.29, 0.717) is 11.2 Å². The molecule has 4 N–H and O–H groups in total. The quantitative estimate of drug-likeness (QED) is 0.557. The second kappa shape index (κ2) is 1.99. The van der Waals surface area contributed by atoms with Crippen molar-refractivity contribution in [2.75, 3.05) is 11.5 Å². The van der Waals surface area contributed by atoms with E-state index in [0.717, 1.165) is 11.7 Å². The Morgan fingerprint density at radius 2 is 1.91 bits per heavy atom. The molecular formula is C4H4N6S. The normalized spacial score (nSPS) is 10.5. The van der Waals surface area contributed by atoms with E-state index in [2.05, 4.69) is 18.7 Å². The number of hydrogen-bond acceptors (Lipinski definition) is 7. The maximum Gasteiger partial charge on any atom is 0.224 e. The third kappa shape index (κ3) is 0.855. The summed E-state index contributed by atoms with van der Waals surface area (Å²) in [5, 5.41) is 0. The van der Waals surface area contributed by atoms with Gasteiger partial charge in [0.15, 0.2) is 11.3 Å². The van der Waals surface area contributed by atoms with Crippen molar-refractivity contribution >= 4 is 34.7 Å². The van der Waals surface area contributed by atoms with Crippen LogP contribution in [0.2, 0.25) is 0 Å². The molecule has 0 aromatic carbocycles. The Hall–Kier alpha value is -1.50. The maximum absolute atomic E-state index is 5.47. The number of anilines is 2. The number of nitrogen functional groups attached to an aromatic ring is 2. The van der Waals surface area contributed by atoms with Crippen LogP contribution in [0.15, 0.2) is 0 Å². The van der Waals surface area contributed by atoms with Crippen molar-refractivity contribution in [2.45, 2.75) is 0 Å². The first-order chi connectivity index (χ1) is 5.27. The van der Waals surface area contributed by atoms with Crippen molar-refractivity contribution in [3.63, 3.8) is 0 Å². The van der Waals surface area contributed by atoms with Crippen molar-refractivity contribution < 1.29 is 0 Å². The number of fused-ring (bicyclic) bond motifs is 1. The van der Waals surface area contributed by atoms with Crippen LogP contribution in [0, 0.1) is 0 Å². The second-order valence-corrected chi connectivity index (χ2v) is 2.43. The Labute approximate surface area is 65.6 Å².